The average molecular weight is 550 g/mol. The van der Waals surface area contributed by atoms with Crippen LogP contribution in [-0.4, -0.2) is 53.9 Å². The van der Waals surface area contributed by atoms with Crippen molar-refractivity contribution in [2.24, 2.45) is 0 Å². The Morgan fingerprint density at radius 3 is 2.17 bits per heavy atom. The van der Waals surface area contributed by atoms with Crippen molar-refractivity contribution in [3.63, 3.8) is 0 Å². The van der Waals surface area contributed by atoms with Gasteiger partial charge in [-0.25, -0.2) is 4.79 Å². The number of carbonyl (C=O) groups is 2. The molecule has 0 radical (unpaired) electrons. The molecule has 0 bridgehead atoms. The van der Waals surface area contributed by atoms with Crippen LogP contribution in [0.15, 0.2) is 97.1 Å². The molecule has 4 aromatic rings. The van der Waals surface area contributed by atoms with E-state index in [0.29, 0.717) is 35.8 Å². The Morgan fingerprint density at radius 1 is 0.850 bits per heavy atom. The molecular formula is C32H32LiNO5S. The third-order valence-corrected chi connectivity index (χ3v) is 6.83. The summed E-state index contributed by atoms with van der Waals surface area (Å²) < 4.78 is 11.9. The molecule has 0 fully saturated rings. The quantitative estimate of drug-likeness (QED) is 0.201. The number of benzene rings is 4. The first-order valence-electron chi connectivity index (χ1n) is 12.6. The van der Waals surface area contributed by atoms with Crippen LogP contribution in [0.5, 0.6) is 17.2 Å². The van der Waals surface area contributed by atoms with Crippen molar-refractivity contribution in [1.29, 1.82) is 0 Å². The predicted octanol–water partition coefficient (Wildman–Crippen LogP) is 6.32. The van der Waals surface area contributed by atoms with Gasteiger partial charge in [0.15, 0.2) is 0 Å². The van der Waals surface area contributed by atoms with Crippen LogP contribution in [0.4, 0.5) is 0 Å². The summed E-state index contributed by atoms with van der Waals surface area (Å²) in [5.41, 5.74) is 3.95. The Bertz CT molecular complexity index is 1410. The Balaban J connectivity index is 0.00000441. The SMILES string of the molecule is CSCCC(NC(=O)c1ccc(COc2ccc(Oc3ccccc3)cc2)cc1-c1ccccc1C)C(=O)O.[LiH]. The van der Waals surface area contributed by atoms with Crippen LogP contribution in [0.1, 0.15) is 27.9 Å². The first kappa shape index (κ1) is 30.9. The minimum atomic E-state index is -1.04. The number of aliphatic carboxylic acids is 1. The minimum absolute atomic E-state index is 0. The second kappa shape index (κ2) is 15.2. The van der Waals surface area contributed by atoms with E-state index in [1.807, 2.05) is 104 Å². The van der Waals surface area contributed by atoms with Crippen LogP contribution in [0.25, 0.3) is 11.1 Å². The van der Waals surface area contributed by atoms with Crippen molar-refractivity contribution in [3.05, 3.63) is 114 Å². The van der Waals surface area contributed by atoms with E-state index in [9.17, 15) is 14.7 Å². The van der Waals surface area contributed by atoms with Crippen molar-refractivity contribution >= 4 is 42.5 Å². The summed E-state index contributed by atoms with van der Waals surface area (Å²) in [6.45, 7) is 2.28. The number of thioether (sulfide) groups is 1. The number of hydrogen-bond donors (Lipinski definition) is 2. The van der Waals surface area contributed by atoms with E-state index in [2.05, 4.69) is 5.32 Å². The Morgan fingerprint density at radius 2 is 1.50 bits per heavy atom. The molecule has 0 saturated carbocycles. The van der Waals surface area contributed by atoms with Crippen LogP contribution in [0.3, 0.4) is 0 Å². The number of amides is 1. The van der Waals surface area contributed by atoms with Gasteiger partial charge in [-0.15, -0.1) is 0 Å². The number of hydrogen-bond acceptors (Lipinski definition) is 5. The van der Waals surface area contributed by atoms with Gasteiger partial charge in [0, 0.05) is 5.56 Å². The van der Waals surface area contributed by atoms with Crippen molar-refractivity contribution in [1.82, 2.24) is 5.32 Å². The van der Waals surface area contributed by atoms with E-state index in [0.717, 1.165) is 28.0 Å². The number of carboxylic acid groups (broad SMARTS) is 1. The van der Waals surface area contributed by atoms with Crippen LogP contribution < -0.4 is 14.8 Å². The van der Waals surface area contributed by atoms with Gasteiger partial charge in [0.2, 0.25) is 0 Å². The zero-order chi connectivity index (χ0) is 27.6. The summed E-state index contributed by atoms with van der Waals surface area (Å²) in [5.74, 6) is 1.34. The molecule has 202 valence electrons. The van der Waals surface area contributed by atoms with Gasteiger partial charge in [-0.2, -0.15) is 11.8 Å². The Labute approximate surface area is 251 Å². The molecule has 0 heterocycles. The Hall–Kier alpha value is -3.63. The average Bonchev–Trinajstić information content (AvgIpc) is 2.95. The molecular weight excluding hydrogens is 517 g/mol. The van der Waals surface area contributed by atoms with Crippen molar-refractivity contribution in [2.75, 3.05) is 12.0 Å². The first-order chi connectivity index (χ1) is 18.9. The van der Waals surface area contributed by atoms with Crippen LogP contribution >= 0.6 is 11.8 Å². The fraction of sp³-hybridized carbons (Fsp3) is 0.188. The van der Waals surface area contributed by atoms with Gasteiger partial charge in [0.05, 0.1) is 0 Å². The fourth-order valence-corrected chi connectivity index (χ4v) is 4.57. The van der Waals surface area contributed by atoms with Gasteiger partial charge in [0.1, 0.15) is 29.9 Å². The van der Waals surface area contributed by atoms with E-state index in [1.54, 1.807) is 17.8 Å². The van der Waals surface area contributed by atoms with E-state index in [-0.39, 0.29) is 18.9 Å². The maximum atomic E-state index is 13.3. The molecule has 1 atom stereocenters. The molecule has 1 unspecified atom stereocenters. The summed E-state index contributed by atoms with van der Waals surface area (Å²) >= 11 is 1.54. The van der Waals surface area contributed by atoms with Crippen LogP contribution in [-0.2, 0) is 11.4 Å². The molecule has 0 aliphatic rings. The van der Waals surface area contributed by atoms with Crippen molar-refractivity contribution < 1.29 is 24.2 Å². The molecule has 0 aliphatic carbocycles. The van der Waals surface area contributed by atoms with Gasteiger partial charge < -0.3 is 19.9 Å². The number of carbonyl (C=O) groups excluding carboxylic acids is 1. The van der Waals surface area contributed by atoms with Crippen molar-refractivity contribution in [2.45, 2.75) is 26.0 Å². The molecule has 2 N–H and O–H groups in total. The first-order valence-corrected chi connectivity index (χ1v) is 14.0. The molecule has 0 aliphatic heterocycles. The number of carboxylic acids is 1. The van der Waals surface area contributed by atoms with Crippen LogP contribution in [0.2, 0.25) is 0 Å². The molecule has 0 aromatic heterocycles. The summed E-state index contributed by atoms with van der Waals surface area (Å²) in [6.07, 6.45) is 2.26. The Kier molecular flexibility index (Phi) is 11.8. The van der Waals surface area contributed by atoms with Gasteiger partial charge in [-0.1, -0.05) is 48.5 Å². The topological polar surface area (TPSA) is 84.9 Å². The van der Waals surface area contributed by atoms with Gasteiger partial charge in [-0.05, 0) is 96.1 Å². The summed E-state index contributed by atoms with van der Waals surface area (Å²) in [5, 5.41) is 12.3. The van der Waals surface area contributed by atoms with Gasteiger partial charge >= 0.3 is 24.8 Å². The zero-order valence-corrected chi connectivity index (χ0v) is 22.7. The predicted molar refractivity (Wildman–Crippen MR) is 163 cm³/mol. The molecule has 4 aromatic carbocycles. The third-order valence-electron chi connectivity index (χ3n) is 6.19. The summed E-state index contributed by atoms with van der Waals surface area (Å²) in [4.78, 5) is 25.0. The van der Waals surface area contributed by atoms with Crippen molar-refractivity contribution in [3.8, 4) is 28.4 Å². The van der Waals surface area contributed by atoms with Gasteiger partial charge in [0.25, 0.3) is 5.91 Å². The zero-order valence-electron chi connectivity index (χ0n) is 21.9. The standard InChI is InChI=1S/C32H31NO5S.Li.H/c1-22-8-6-7-11-27(22)29-20-23(12-17-28(29)31(34)33-30(32(35)36)18-19-39-2)21-37-24-13-15-26(16-14-24)38-25-9-4-3-5-10-25;;/h3-17,20,30H,18-19,21H2,1-2H3,(H,33,34)(H,35,36);;. The number of aryl methyl sites for hydroxylation is 1. The molecule has 1 amide bonds. The maximum absolute atomic E-state index is 13.3. The normalized spacial score (nSPS) is 11.2. The molecule has 0 spiro atoms. The van der Waals surface area contributed by atoms with E-state index in [1.165, 1.54) is 0 Å². The number of rotatable bonds is 12. The number of ether oxygens (including phenoxy) is 2. The van der Waals surface area contributed by atoms with E-state index >= 15 is 0 Å². The van der Waals surface area contributed by atoms with E-state index in [4.69, 9.17) is 9.47 Å². The monoisotopic (exact) mass is 549 g/mol. The molecule has 8 heteroatoms. The molecule has 0 saturated heterocycles. The second-order valence-corrected chi connectivity index (χ2v) is 10.0. The summed E-state index contributed by atoms with van der Waals surface area (Å²) in [7, 11) is 0. The number of nitrogens with one attached hydrogen (secondary N) is 1. The summed E-state index contributed by atoms with van der Waals surface area (Å²) in [6, 6.07) is 29.3. The third kappa shape index (κ3) is 8.43. The van der Waals surface area contributed by atoms with Gasteiger partial charge in [-0.3, -0.25) is 4.79 Å². The fourth-order valence-electron chi connectivity index (χ4n) is 4.10. The van der Waals surface area contributed by atoms with E-state index < -0.39 is 17.9 Å². The molecule has 4 rings (SSSR count). The molecule has 40 heavy (non-hydrogen) atoms. The number of para-hydroxylation sites is 1. The second-order valence-electron chi connectivity index (χ2n) is 9.02. The van der Waals surface area contributed by atoms with Crippen LogP contribution in [0, 0.1) is 6.92 Å². The molecule has 6 nitrogen and oxygen atoms in total.